The van der Waals surface area contributed by atoms with E-state index >= 15 is 0 Å². The molecule has 0 unspecified atom stereocenters. The molecule has 0 aliphatic carbocycles. The Bertz CT molecular complexity index is 794. The molecule has 5 heteroatoms. The van der Waals surface area contributed by atoms with Crippen molar-refractivity contribution in [1.82, 2.24) is 9.38 Å². The minimum Gasteiger partial charge on any atom is -0.491 e. The molecule has 0 saturated heterocycles. The highest BCUT2D eigenvalue weighted by Crippen LogP contribution is 2.28. The summed E-state index contributed by atoms with van der Waals surface area (Å²) in [5, 5.41) is 0.656. The second-order valence-corrected chi connectivity index (χ2v) is 6.01. The monoisotopic (exact) mass is 334 g/mol. The summed E-state index contributed by atoms with van der Waals surface area (Å²) in [6, 6.07) is 11.6. The molecule has 0 aliphatic rings. The Labute approximate surface area is 139 Å². The van der Waals surface area contributed by atoms with Crippen LogP contribution in [0.1, 0.15) is 19.5 Å². The molecular formula is C17H16Cl2N2O. The third kappa shape index (κ3) is 2.92. The van der Waals surface area contributed by atoms with E-state index in [-0.39, 0.29) is 6.10 Å². The SMILES string of the molecule is CC(C)Oc1ccc(-c2nc3ccc(Cl)cn3c2CCl)cc1. The molecule has 0 N–H and O–H groups in total. The molecule has 3 rings (SSSR count). The maximum atomic E-state index is 6.13. The Morgan fingerprint density at radius 1 is 1.14 bits per heavy atom. The van der Waals surface area contributed by atoms with Gasteiger partial charge in [-0.1, -0.05) is 11.6 Å². The van der Waals surface area contributed by atoms with Crippen molar-refractivity contribution in [2.24, 2.45) is 0 Å². The number of fused-ring (bicyclic) bond motifs is 1. The predicted molar refractivity (Wildman–Crippen MR) is 91.0 cm³/mol. The highest BCUT2D eigenvalue weighted by Gasteiger charge is 2.13. The minimum absolute atomic E-state index is 0.154. The summed E-state index contributed by atoms with van der Waals surface area (Å²) in [5.74, 6) is 1.21. The lowest BCUT2D eigenvalue weighted by Crippen LogP contribution is -2.05. The Balaban J connectivity index is 2.05. The molecule has 3 aromatic rings. The summed E-state index contributed by atoms with van der Waals surface area (Å²) in [6.45, 7) is 4.01. The van der Waals surface area contributed by atoms with Gasteiger partial charge in [-0.2, -0.15) is 0 Å². The van der Waals surface area contributed by atoms with Gasteiger partial charge in [0.25, 0.3) is 0 Å². The van der Waals surface area contributed by atoms with E-state index in [1.807, 2.05) is 60.8 Å². The molecule has 114 valence electrons. The number of imidazole rings is 1. The molecule has 2 aromatic heterocycles. The molecule has 0 aliphatic heterocycles. The van der Waals surface area contributed by atoms with Crippen molar-refractivity contribution < 1.29 is 4.74 Å². The molecule has 0 radical (unpaired) electrons. The molecule has 2 heterocycles. The van der Waals surface area contributed by atoms with Crippen molar-refractivity contribution in [3.05, 3.63) is 53.3 Å². The maximum absolute atomic E-state index is 6.13. The highest BCUT2D eigenvalue weighted by molar-refractivity contribution is 6.30. The normalized spacial score (nSPS) is 11.3. The van der Waals surface area contributed by atoms with Gasteiger partial charge in [-0.3, -0.25) is 0 Å². The predicted octanol–water partition coefficient (Wildman–Crippen LogP) is 5.18. The van der Waals surface area contributed by atoms with E-state index < -0.39 is 0 Å². The van der Waals surface area contributed by atoms with Crippen LogP contribution in [0.25, 0.3) is 16.9 Å². The van der Waals surface area contributed by atoms with E-state index in [0.717, 1.165) is 28.3 Å². The van der Waals surface area contributed by atoms with Crippen LogP contribution >= 0.6 is 23.2 Å². The number of ether oxygens (including phenoxy) is 1. The molecule has 0 spiro atoms. The lowest BCUT2D eigenvalue weighted by Gasteiger charge is -2.10. The van der Waals surface area contributed by atoms with Crippen molar-refractivity contribution in [3.8, 4) is 17.0 Å². The topological polar surface area (TPSA) is 26.5 Å². The molecule has 0 fully saturated rings. The number of rotatable bonds is 4. The van der Waals surface area contributed by atoms with Crippen molar-refractivity contribution in [1.29, 1.82) is 0 Å². The third-order valence-electron chi connectivity index (χ3n) is 3.31. The van der Waals surface area contributed by atoms with Crippen LogP contribution in [0.15, 0.2) is 42.6 Å². The molecule has 0 atom stereocenters. The first-order chi connectivity index (χ1) is 10.6. The van der Waals surface area contributed by atoms with Gasteiger partial charge in [0.2, 0.25) is 0 Å². The Hall–Kier alpha value is -1.71. The fourth-order valence-electron chi connectivity index (χ4n) is 2.39. The van der Waals surface area contributed by atoms with Gasteiger partial charge >= 0.3 is 0 Å². The van der Waals surface area contributed by atoms with E-state index in [9.17, 15) is 0 Å². The van der Waals surface area contributed by atoms with Gasteiger partial charge in [-0.05, 0) is 50.2 Å². The third-order valence-corrected chi connectivity index (χ3v) is 3.78. The first-order valence-electron chi connectivity index (χ1n) is 7.08. The second-order valence-electron chi connectivity index (χ2n) is 5.31. The van der Waals surface area contributed by atoms with E-state index in [2.05, 4.69) is 4.98 Å². The van der Waals surface area contributed by atoms with Crippen molar-refractivity contribution in [3.63, 3.8) is 0 Å². The Morgan fingerprint density at radius 3 is 2.50 bits per heavy atom. The van der Waals surface area contributed by atoms with Gasteiger partial charge in [0.1, 0.15) is 11.4 Å². The standard InChI is InChI=1S/C17H16Cl2N2O/c1-11(2)22-14-6-3-12(4-7-14)17-15(9-18)21-10-13(19)5-8-16(21)20-17/h3-8,10-11H,9H2,1-2H3. The summed E-state index contributed by atoms with van der Waals surface area (Å²) >= 11 is 12.2. The lowest BCUT2D eigenvalue weighted by molar-refractivity contribution is 0.242. The second kappa shape index (κ2) is 6.19. The summed E-state index contributed by atoms with van der Waals surface area (Å²) in [7, 11) is 0. The number of aromatic nitrogens is 2. The fourth-order valence-corrected chi connectivity index (χ4v) is 2.81. The van der Waals surface area contributed by atoms with Crippen LogP contribution < -0.4 is 4.74 Å². The fraction of sp³-hybridized carbons (Fsp3) is 0.235. The van der Waals surface area contributed by atoms with Crippen LogP contribution in [0.4, 0.5) is 0 Å². The van der Waals surface area contributed by atoms with E-state index in [1.165, 1.54) is 0 Å². The Morgan fingerprint density at radius 2 is 1.86 bits per heavy atom. The van der Waals surface area contributed by atoms with Crippen LogP contribution in [0, 0.1) is 0 Å². The van der Waals surface area contributed by atoms with Crippen LogP contribution in [0.2, 0.25) is 5.02 Å². The molecule has 0 saturated carbocycles. The Kier molecular flexibility index (Phi) is 4.27. The number of nitrogens with zero attached hydrogens (tertiary/aromatic N) is 2. The van der Waals surface area contributed by atoms with Gasteiger partial charge in [-0.25, -0.2) is 4.98 Å². The smallest absolute Gasteiger partial charge is 0.137 e. The zero-order chi connectivity index (χ0) is 15.7. The van der Waals surface area contributed by atoms with E-state index in [1.54, 1.807) is 0 Å². The lowest BCUT2D eigenvalue weighted by atomic mass is 10.1. The van der Waals surface area contributed by atoms with E-state index in [4.69, 9.17) is 27.9 Å². The number of hydrogen-bond acceptors (Lipinski definition) is 2. The molecule has 0 amide bonds. The maximum Gasteiger partial charge on any atom is 0.137 e. The first-order valence-corrected chi connectivity index (χ1v) is 7.99. The van der Waals surface area contributed by atoms with E-state index in [0.29, 0.717) is 10.9 Å². The highest BCUT2D eigenvalue weighted by atomic mass is 35.5. The number of alkyl halides is 1. The van der Waals surface area contributed by atoms with Crippen molar-refractivity contribution in [2.45, 2.75) is 25.8 Å². The minimum atomic E-state index is 0.154. The average molecular weight is 335 g/mol. The number of hydrogen-bond donors (Lipinski definition) is 0. The molecular weight excluding hydrogens is 319 g/mol. The summed E-state index contributed by atoms with van der Waals surface area (Å²) in [4.78, 5) is 4.66. The van der Waals surface area contributed by atoms with Gasteiger partial charge in [-0.15, -0.1) is 11.6 Å². The van der Waals surface area contributed by atoms with Gasteiger partial charge < -0.3 is 9.14 Å². The molecule has 3 nitrogen and oxygen atoms in total. The van der Waals surface area contributed by atoms with Gasteiger partial charge in [0, 0.05) is 11.8 Å². The largest absolute Gasteiger partial charge is 0.491 e. The average Bonchev–Trinajstić information content (AvgIpc) is 2.85. The summed E-state index contributed by atoms with van der Waals surface area (Å²) in [6.07, 6.45) is 1.99. The number of halogens is 2. The first kappa shape index (κ1) is 15.2. The van der Waals surface area contributed by atoms with Crippen molar-refractivity contribution in [2.75, 3.05) is 0 Å². The van der Waals surface area contributed by atoms with Crippen molar-refractivity contribution >= 4 is 28.8 Å². The quantitative estimate of drug-likeness (QED) is 0.614. The summed E-state index contributed by atoms with van der Waals surface area (Å²) < 4.78 is 7.60. The summed E-state index contributed by atoms with van der Waals surface area (Å²) in [5.41, 5.74) is 3.63. The van der Waals surface area contributed by atoms with Gasteiger partial charge in [0.05, 0.1) is 28.4 Å². The zero-order valence-electron chi connectivity index (χ0n) is 12.4. The van der Waals surface area contributed by atoms with Crippen LogP contribution in [0.3, 0.4) is 0 Å². The number of pyridine rings is 1. The molecule has 0 bridgehead atoms. The molecule has 22 heavy (non-hydrogen) atoms. The number of benzene rings is 1. The zero-order valence-corrected chi connectivity index (χ0v) is 13.9. The van der Waals surface area contributed by atoms with Crippen LogP contribution in [0.5, 0.6) is 5.75 Å². The van der Waals surface area contributed by atoms with Crippen LogP contribution in [-0.2, 0) is 5.88 Å². The van der Waals surface area contributed by atoms with Gasteiger partial charge in [0.15, 0.2) is 0 Å². The molecule has 1 aromatic carbocycles. The van der Waals surface area contributed by atoms with Crippen LogP contribution in [-0.4, -0.2) is 15.5 Å².